The van der Waals surface area contributed by atoms with E-state index in [0.29, 0.717) is 5.56 Å². The van der Waals surface area contributed by atoms with Gasteiger partial charge < -0.3 is 5.32 Å². The van der Waals surface area contributed by atoms with E-state index in [4.69, 9.17) is 0 Å². The molecule has 0 aliphatic rings. The molecule has 0 bridgehead atoms. The molecule has 1 aromatic heterocycles. The number of hydrogen-bond donors (Lipinski definition) is 1. The molecular formula is C14H12Br2F3NS. The number of hydrogen-bond acceptors (Lipinski definition) is 2. The Morgan fingerprint density at radius 2 is 1.81 bits per heavy atom. The van der Waals surface area contributed by atoms with Crippen LogP contribution in [-0.2, 0) is 6.18 Å². The van der Waals surface area contributed by atoms with Crippen LogP contribution in [0, 0.1) is 6.92 Å². The van der Waals surface area contributed by atoms with E-state index < -0.39 is 11.7 Å². The fraction of sp³-hybridized carbons (Fsp3) is 0.286. The number of rotatable bonds is 3. The quantitative estimate of drug-likeness (QED) is 0.623. The lowest BCUT2D eigenvalue weighted by atomic mass is 10.0. The molecule has 0 amide bonds. The molecule has 0 fully saturated rings. The van der Waals surface area contributed by atoms with Crippen molar-refractivity contribution in [2.24, 2.45) is 0 Å². The molecule has 0 aliphatic heterocycles. The van der Waals surface area contributed by atoms with Crippen molar-refractivity contribution in [1.29, 1.82) is 0 Å². The van der Waals surface area contributed by atoms with Crippen LogP contribution in [0.1, 0.15) is 26.9 Å². The maximum absolute atomic E-state index is 13.0. The van der Waals surface area contributed by atoms with Crippen LogP contribution in [-0.4, -0.2) is 7.05 Å². The van der Waals surface area contributed by atoms with Crippen molar-refractivity contribution in [2.45, 2.75) is 19.1 Å². The minimum atomic E-state index is -4.38. The van der Waals surface area contributed by atoms with Crippen molar-refractivity contribution in [3.8, 4) is 0 Å². The van der Waals surface area contributed by atoms with E-state index >= 15 is 0 Å². The fourth-order valence-corrected chi connectivity index (χ4v) is 4.21. The van der Waals surface area contributed by atoms with Gasteiger partial charge in [-0.05, 0) is 53.7 Å². The van der Waals surface area contributed by atoms with Crippen molar-refractivity contribution in [2.75, 3.05) is 7.05 Å². The van der Waals surface area contributed by atoms with Gasteiger partial charge in [0, 0.05) is 18.7 Å². The van der Waals surface area contributed by atoms with E-state index in [1.807, 2.05) is 13.0 Å². The molecule has 7 heteroatoms. The SMILES string of the molecule is CNC(c1ccc(Br)c(C(F)(F)F)c1)c1cc(Br)c(C)s1. The van der Waals surface area contributed by atoms with Gasteiger partial charge in [-0.15, -0.1) is 11.3 Å². The Bertz CT molecular complexity index is 633. The topological polar surface area (TPSA) is 12.0 Å². The molecule has 0 radical (unpaired) electrons. The average molecular weight is 443 g/mol. The summed E-state index contributed by atoms with van der Waals surface area (Å²) in [5.41, 5.74) is -0.0747. The van der Waals surface area contributed by atoms with Gasteiger partial charge in [0.05, 0.1) is 11.6 Å². The third kappa shape index (κ3) is 3.70. The van der Waals surface area contributed by atoms with Crippen LogP contribution in [0.25, 0.3) is 0 Å². The molecule has 0 saturated heterocycles. The lowest BCUT2D eigenvalue weighted by Crippen LogP contribution is -2.17. The van der Waals surface area contributed by atoms with Gasteiger partial charge in [0.15, 0.2) is 0 Å². The number of thiophene rings is 1. The normalized spacial score (nSPS) is 13.5. The highest BCUT2D eigenvalue weighted by Gasteiger charge is 2.33. The van der Waals surface area contributed by atoms with Crippen LogP contribution in [0.15, 0.2) is 33.2 Å². The van der Waals surface area contributed by atoms with Crippen molar-refractivity contribution in [3.63, 3.8) is 0 Å². The highest BCUT2D eigenvalue weighted by molar-refractivity contribution is 9.10. The van der Waals surface area contributed by atoms with Crippen LogP contribution in [0.4, 0.5) is 13.2 Å². The summed E-state index contributed by atoms with van der Waals surface area (Å²) in [6.45, 7) is 1.97. The zero-order chi connectivity index (χ0) is 15.8. The summed E-state index contributed by atoms with van der Waals surface area (Å²) in [4.78, 5) is 2.07. The summed E-state index contributed by atoms with van der Waals surface area (Å²) >= 11 is 7.96. The lowest BCUT2D eigenvalue weighted by Gasteiger charge is -2.18. The maximum Gasteiger partial charge on any atom is 0.417 e. The molecule has 2 aromatic rings. The zero-order valence-corrected chi connectivity index (χ0v) is 15.2. The Morgan fingerprint density at radius 3 is 2.29 bits per heavy atom. The second-order valence-corrected chi connectivity index (χ2v) is 7.51. The van der Waals surface area contributed by atoms with Crippen LogP contribution in [0.3, 0.4) is 0 Å². The molecule has 114 valence electrons. The third-order valence-corrected chi connectivity index (χ3v) is 5.97. The van der Waals surface area contributed by atoms with E-state index in [1.165, 1.54) is 12.1 Å². The van der Waals surface area contributed by atoms with E-state index in [1.54, 1.807) is 24.5 Å². The summed E-state index contributed by atoms with van der Waals surface area (Å²) < 4.78 is 40.1. The molecule has 21 heavy (non-hydrogen) atoms. The summed E-state index contributed by atoms with van der Waals surface area (Å²) in [7, 11) is 1.74. The first-order valence-corrected chi connectivity index (χ1v) is 8.44. The van der Waals surface area contributed by atoms with Crippen LogP contribution >= 0.6 is 43.2 Å². The first-order valence-electron chi connectivity index (χ1n) is 6.03. The largest absolute Gasteiger partial charge is 0.417 e. The number of halogens is 5. The van der Waals surface area contributed by atoms with Gasteiger partial charge in [-0.25, -0.2) is 0 Å². The van der Waals surface area contributed by atoms with Crippen molar-refractivity contribution in [1.82, 2.24) is 5.32 Å². The van der Waals surface area contributed by atoms with Gasteiger partial charge in [0.1, 0.15) is 0 Å². The molecule has 1 unspecified atom stereocenters. The molecule has 1 atom stereocenters. The summed E-state index contributed by atoms with van der Waals surface area (Å²) in [5, 5.41) is 3.08. The predicted molar refractivity (Wildman–Crippen MR) is 86.8 cm³/mol. The van der Waals surface area contributed by atoms with Crippen LogP contribution < -0.4 is 5.32 Å². The van der Waals surface area contributed by atoms with Gasteiger partial charge in [0.25, 0.3) is 0 Å². The van der Waals surface area contributed by atoms with Crippen LogP contribution in [0.2, 0.25) is 0 Å². The van der Waals surface area contributed by atoms with Crippen molar-refractivity contribution >= 4 is 43.2 Å². The summed E-state index contributed by atoms with van der Waals surface area (Å²) in [6.07, 6.45) is -4.38. The predicted octanol–water partition coefficient (Wildman–Crippen LogP) is 5.91. The van der Waals surface area contributed by atoms with Crippen LogP contribution in [0.5, 0.6) is 0 Å². The Labute approximate surface area is 141 Å². The molecule has 2 rings (SSSR count). The number of benzene rings is 1. The second kappa shape index (κ2) is 6.40. The van der Waals surface area contributed by atoms with Gasteiger partial charge >= 0.3 is 6.18 Å². The first-order chi connectivity index (χ1) is 9.74. The van der Waals surface area contributed by atoms with E-state index in [9.17, 15) is 13.2 Å². The average Bonchev–Trinajstić information content (AvgIpc) is 2.71. The third-order valence-electron chi connectivity index (χ3n) is 3.08. The highest BCUT2D eigenvalue weighted by Crippen LogP contribution is 2.39. The maximum atomic E-state index is 13.0. The minimum Gasteiger partial charge on any atom is -0.309 e. The number of aryl methyl sites for hydroxylation is 1. The highest BCUT2D eigenvalue weighted by atomic mass is 79.9. The molecule has 1 N–H and O–H groups in total. The van der Waals surface area contributed by atoms with Gasteiger partial charge in [-0.3, -0.25) is 0 Å². The second-order valence-electron chi connectivity index (χ2n) is 4.51. The number of nitrogens with one attached hydrogen (secondary N) is 1. The van der Waals surface area contributed by atoms with E-state index in [-0.39, 0.29) is 10.5 Å². The Kier molecular flexibility index (Phi) is 5.18. The standard InChI is InChI=1S/C14H12Br2F3NS/c1-7-11(16)6-12(21-7)13(20-2)8-3-4-10(15)9(5-8)14(17,18)19/h3-6,13,20H,1-2H3. The van der Waals surface area contributed by atoms with Gasteiger partial charge in [-0.2, -0.15) is 13.2 Å². The number of alkyl halides is 3. The Hall–Kier alpha value is -0.370. The van der Waals surface area contributed by atoms with Crippen molar-refractivity contribution < 1.29 is 13.2 Å². The Morgan fingerprint density at radius 1 is 1.14 bits per heavy atom. The molecule has 1 aromatic carbocycles. The van der Waals surface area contributed by atoms with E-state index in [0.717, 1.165) is 14.2 Å². The lowest BCUT2D eigenvalue weighted by molar-refractivity contribution is -0.138. The smallest absolute Gasteiger partial charge is 0.309 e. The summed E-state index contributed by atoms with van der Waals surface area (Å²) in [5.74, 6) is 0. The summed E-state index contributed by atoms with van der Waals surface area (Å²) in [6, 6.07) is 6.00. The molecule has 1 heterocycles. The minimum absolute atomic E-state index is 0.0529. The molecule has 0 aliphatic carbocycles. The monoisotopic (exact) mass is 441 g/mol. The molecular weight excluding hydrogens is 431 g/mol. The first kappa shape index (κ1) is 17.0. The Balaban J connectivity index is 2.48. The fourth-order valence-electron chi connectivity index (χ4n) is 2.04. The molecule has 0 spiro atoms. The molecule has 0 saturated carbocycles. The molecule has 1 nitrogen and oxygen atoms in total. The van der Waals surface area contributed by atoms with E-state index in [2.05, 4.69) is 37.2 Å². The van der Waals surface area contributed by atoms with Gasteiger partial charge in [-0.1, -0.05) is 22.0 Å². The zero-order valence-electron chi connectivity index (χ0n) is 11.2. The van der Waals surface area contributed by atoms with Crippen molar-refractivity contribution in [3.05, 3.63) is 54.1 Å². The van der Waals surface area contributed by atoms with Gasteiger partial charge in [0.2, 0.25) is 0 Å².